The van der Waals surface area contributed by atoms with Crippen LogP contribution in [0.4, 0.5) is 0 Å². The van der Waals surface area contributed by atoms with E-state index < -0.39 is 29.9 Å². The van der Waals surface area contributed by atoms with Gasteiger partial charge in [-0.25, -0.2) is 0 Å². The summed E-state index contributed by atoms with van der Waals surface area (Å²) in [4.78, 5) is 23.3. The van der Waals surface area contributed by atoms with Crippen LogP contribution in [0, 0.1) is 5.92 Å². The average molecular weight is 216 g/mol. The number of aliphatic hydroxyl groups excluding tert-OH is 1. The second kappa shape index (κ2) is 4.59. The molecule has 1 fully saturated rings. The van der Waals surface area contributed by atoms with Crippen molar-refractivity contribution in [2.75, 3.05) is 13.1 Å². The molecule has 1 amide bonds. The Bertz CT molecular complexity index is 269. The summed E-state index contributed by atoms with van der Waals surface area (Å²) in [6.45, 7) is 2.21. The van der Waals surface area contributed by atoms with Crippen molar-refractivity contribution in [2.24, 2.45) is 11.7 Å². The van der Waals surface area contributed by atoms with Crippen molar-refractivity contribution in [3.63, 3.8) is 0 Å². The molecule has 1 rings (SSSR count). The minimum absolute atomic E-state index is 0.209. The Hall–Kier alpha value is -1.14. The molecule has 3 atom stereocenters. The van der Waals surface area contributed by atoms with Gasteiger partial charge in [0.25, 0.3) is 0 Å². The van der Waals surface area contributed by atoms with Crippen LogP contribution in [0.25, 0.3) is 0 Å². The Balaban J connectivity index is 2.59. The van der Waals surface area contributed by atoms with Gasteiger partial charge in [-0.05, 0) is 0 Å². The quantitative estimate of drug-likeness (QED) is 0.537. The minimum Gasteiger partial charge on any atom is -0.480 e. The highest BCUT2D eigenvalue weighted by Gasteiger charge is 2.36. The van der Waals surface area contributed by atoms with Crippen LogP contribution in [0.15, 0.2) is 0 Å². The summed E-state index contributed by atoms with van der Waals surface area (Å²) in [7, 11) is 0. The second-order valence-electron chi connectivity index (χ2n) is 4.00. The third-order valence-corrected chi connectivity index (χ3v) is 2.66. The van der Waals surface area contributed by atoms with Gasteiger partial charge in [-0.3, -0.25) is 14.5 Å². The number of β-amino-alcohol motifs (C(OH)–C–C–N with tert-alkyl or cyclic N) is 1. The predicted molar refractivity (Wildman–Crippen MR) is 52.0 cm³/mol. The summed E-state index contributed by atoms with van der Waals surface area (Å²) < 4.78 is 0. The number of carboxylic acid groups (broad SMARTS) is 1. The maximum Gasteiger partial charge on any atom is 0.321 e. The van der Waals surface area contributed by atoms with Crippen molar-refractivity contribution in [2.45, 2.75) is 25.5 Å². The first-order valence-corrected chi connectivity index (χ1v) is 4.86. The lowest BCUT2D eigenvalue weighted by molar-refractivity contribution is -0.142. The van der Waals surface area contributed by atoms with E-state index >= 15 is 0 Å². The van der Waals surface area contributed by atoms with Crippen LogP contribution in [-0.2, 0) is 9.59 Å². The van der Waals surface area contributed by atoms with Gasteiger partial charge in [0.15, 0.2) is 0 Å². The average Bonchev–Trinajstić information content (AvgIpc) is 2.46. The van der Waals surface area contributed by atoms with Crippen LogP contribution in [0.3, 0.4) is 0 Å². The molecule has 3 unspecified atom stereocenters. The topological polar surface area (TPSA) is 104 Å². The summed E-state index contributed by atoms with van der Waals surface area (Å²) in [5.74, 6) is -1.83. The Morgan fingerprint density at radius 1 is 1.60 bits per heavy atom. The number of amides is 1. The van der Waals surface area contributed by atoms with Crippen LogP contribution in [0.5, 0.6) is 0 Å². The molecule has 0 radical (unpaired) electrons. The third-order valence-electron chi connectivity index (χ3n) is 2.66. The molecule has 6 nitrogen and oxygen atoms in total. The van der Waals surface area contributed by atoms with E-state index in [4.69, 9.17) is 10.8 Å². The first-order chi connectivity index (χ1) is 6.91. The molecule has 15 heavy (non-hydrogen) atoms. The molecule has 1 heterocycles. The van der Waals surface area contributed by atoms with Gasteiger partial charge in [-0.15, -0.1) is 0 Å². The van der Waals surface area contributed by atoms with Gasteiger partial charge in [-0.1, -0.05) is 6.92 Å². The lowest BCUT2D eigenvalue weighted by atomic mass is 10.1. The molecule has 0 spiro atoms. The number of rotatable bonds is 4. The highest BCUT2D eigenvalue weighted by Crippen LogP contribution is 2.19. The molecule has 1 aliphatic rings. The molecule has 4 N–H and O–H groups in total. The van der Waals surface area contributed by atoms with Gasteiger partial charge in [0.2, 0.25) is 5.91 Å². The van der Waals surface area contributed by atoms with Crippen molar-refractivity contribution >= 4 is 11.9 Å². The number of nitrogens with two attached hydrogens (primary N) is 1. The van der Waals surface area contributed by atoms with Gasteiger partial charge in [0.05, 0.1) is 6.10 Å². The fourth-order valence-electron chi connectivity index (χ4n) is 1.78. The van der Waals surface area contributed by atoms with Crippen molar-refractivity contribution in [3.8, 4) is 0 Å². The second-order valence-corrected chi connectivity index (χ2v) is 4.00. The third kappa shape index (κ3) is 2.90. The number of carboxylic acids is 1. The highest BCUT2D eigenvalue weighted by atomic mass is 16.4. The lowest BCUT2D eigenvalue weighted by Gasteiger charge is -2.22. The maximum atomic E-state index is 10.8. The smallest absolute Gasteiger partial charge is 0.321 e. The van der Waals surface area contributed by atoms with E-state index in [1.807, 2.05) is 0 Å². The summed E-state index contributed by atoms with van der Waals surface area (Å²) >= 11 is 0. The van der Waals surface area contributed by atoms with E-state index in [1.165, 1.54) is 0 Å². The number of carbonyl (C=O) groups is 2. The van der Waals surface area contributed by atoms with E-state index in [1.54, 1.807) is 11.8 Å². The molecule has 6 heteroatoms. The minimum atomic E-state index is -0.969. The van der Waals surface area contributed by atoms with Crippen LogP contribution < -0.4 is 5.73 Å². The van der Waals surface area contributed by atoms with Crippen LogP contribution in [0.2, 0.25) is 0 Å². The SMILES string of the molecule is CC(CN1CC(O)CC1C(=O)O)C(N)=O. The van der Waals surface area contributed by atoms with Gasteiger partial charge in [0.1, 0.15) is 6.04 Å². The Labute approximate surface area is 87.7 Å². The standard InChI is InChI=1S/C9H16N2O4/c1-5(8(10)13)3-11-4-6(12)2-7(11)9(14)15/h5-7,12H,2-4H2,1H3,(H2,10,13)(H,14,15). The first-order valence-electron chi connectivity index (χ1n) is 4.86. The molecule has 0 aromatic heterocycles. The molecule has 0 aliphatic carbocycles. The summed E-state index contributed by atoms with van der Waals surface area (Å²) in [6.07, 6.45) is -0.424. The van der Waals surface area contributed by atoms with E-state index in [0.717, 1.165) is 0 Å². The number of primary amides is 1. The first kappa shape index (κ1) is 11.9. The van der Waals surface area contributed by atoms with Crippen LogP contribution >= 0.6 is 0 Å². The molecule has 0 aromatic rings. The van der Waals surface area contributed by atoms with Gasteiger partial charge < -0.3 is 15.9 Å². The normalized spacial score (nSPS) is 28.9. The highest BCUT2D eigenvalue weighted by molar-refractivity contribution is 5.77. The molecular formula is C9H16N2O4. The van der Waals surface area contributed by atoms with E-state index in [-0.39, 0.29) is 19.5 Å². The number of aliphatic hydroxyl groups is 1. The molecule has 1 aliphatic heterocycles. The molecule has 1 saturated heterocycles. The summed E-state index contributed by atoms with van der Waals surface area (Å²) in [5.41, 5.74) is 5.09. The van der Waals surface area contributed by atoms with E-state index in [0.29, 0.717) is 0 Å². The van der Waals surface area contributed by atoms with Crippen molar-refractivity contribution in [1.82, 2.24) is 4.90 Å². The monoisotopic (exact) mass is 216 g/mol. The summed E-state index contributed by atoms with van der Waals surface area (Å²) in [6, 6.07) is -0.707. The van der Waals surface area contributed by atoms with Gasteiger partial charge >= 0.3 is 5.97 Å². The largest absolute Gasteiger partial charge is 0.480 e. The van der Waals surface area contributed by atoms with Crippen LogP contribution in [0.1, 0.15) is 13.3 Å². The Morgan fingerprint density at radius 3 is 2.67 bits per heavy atom. The Morgan fingerprint density at radius 2 is 2.20 bits per heavy atom. The number of aliphatic carboxylic acids is 1. The van der Waals surface area contributed by atoms with Crippen molar-refractivity contribution < 1.29 is 19.8 Å². The number of carbonyl (C=O) groups excluding carboxylic acids is 1. The number of likely N-dealkylation sites (tertiary alicyclic amines) is 1. The zero-order valence-corrected chi connectivity index (χ0v) is 8.59. The van der Waals surface area contributed by atoms with Crippen molar-refractivity contribution in [3.05, 3.63) is 0 Å². The zero-order chi connectivity index (χ0) is 11.6. The van der Waals surface area contributed by atoms with Crippen molar-refractivity contribution in [1.29, 1.82) is 0 Å². The van der Waals surface area contributed by atoms with Gasteiger partial charge in [0, 0.05) is 25.4 Å². The molecule has 0 aromatic carbocycles. The predicted octanol–water partition coefficient (Wildman–Crippen LogP) is -1.37. The maximum absolute atomic E-state index is 10.8. The Kier molecular flexibility index (Phi) is 3.65. The fraction of sp³-hybridized carbons (Fsp3) is 0.778. The fourth-order valence-corrected chi connectivity index (χ4v) is 1.78. The van der Waals surface area contributed by atoms with Crippen LogP contribution in [-0.4, -0.2) is 52.2 Å². The molecule has 0 bridgehead atoms. The van der Waals surface area contributed by atoms with E-state index in [2.05, 4.69) is 0 Å². The number of hydrogen-bond donors (Lipinski definition) is 3. The van der Waals surface area contributed by atoms with Gasteiger partial charge in [-0.2, -0.15) is 0 Å². The lowest BCUT2D eigenvalue weighted by Crippen LogP contribution is -2.41. The number of nitrogens with zero attached hydrogens (tertiary/aromatic N) is 1. The number of hydrogen-bond acceptors (Lipinski definition) is 4. The molecular weight excluding hydrogens is 200 g/mol. The summed E-state index contributed by atoms with van der Waals surface area (Å²) in [5, 5.41) is 18.2. The molecule has 86 valence electrons. The van der Waals surface area contributed by atoms with E-state index in [9.17, 15) is 14.7 Å². The molecule has 0 saturated carbocycles. The zero-order valence-electron chi connectivity index (χ0n) is 8.59.